The fourth-order valence-electron chi connectivity index (χ4n) is 0.898. The van der Waals surface area contributed by atoms with Crippen LogP contribution in [-0.2, 0) is 4.74 Å². The van der Waals surface area contributed by atoms with Crippen molar-refractivity contribution in [1.82, 2.24) is 0 Å². The Morgan fingerprint density at radius 1 is 1.78 bits per heavy atom. The van der Waals surface area contributed by atoms with E-state index in [-0.39, 0.29) is 11.7 Å². The second-order valence-corrected chi connectivity index (χ2v) is 2.87. The number of hydrogen-bond donors (Lipinski definition) is 1. The Kier molecular flexibility index (Phi) is 1.37. The summed E-state index contributed by atoms with van der Waals surface area (Å²) in [4.78, 5) is 0. The molecule has 1 fully saturated rings. The van der Waals surface area contributed by atoms with E-state index in [1.54, 1.807) is 0 Å². The molecule has 52 valence electrons. The van der Waals surface area contributed by atoms with Gasteiger partial charge >= 0.3 is 0 Å². The van der Waals surface area contributed by atoms with Gasteiger partial charge in [0.05, 0.1) is 5.60 Å². The predicted molar refractivity (Wildman–Crippen MR) is 35.2 cm³/mol. The third-order valence-corrected chi connectivity index (χ3v) is 1.61. The summed E-state index contributed by atoms with van der Waals surface area (Å²) < 4.78 is 5.14. The summed E-state index contributed by atoms with van der Waals surface area (Å²) in [6.45, 7) is 7.36. The molecule has 0 aromatic carbocycles. The van der Waals surface area contributed by atoms with E-state index in [0.29, 0.717) is 0 Å². The minimum absolute atomic E-state index is 0.0324. The quantitative estimate of drug-likeness (QED) is 0.439. The lowest BCUT2D eigenvalue weighted by Gasteiger charge is -1.99. The summed E-state index contributed by atoms with van der Waals surface area (Å²) in [5.41, 5.74) is -0.131. The molecule has 0 spiro atoms. The van der Waals surface area contributed by atoms with Gasteiger partial charge in [-0.15, -0.1) is 6.58 Å². The molecule has 2 nitrogen and oxygen atoms in total. The van der Waals surface area contributed by atoms with E-state index >= 15 is 0 Å². The van der Waals surface area contributed by atoms with Crippen molar-refractivity contribution in [2.75, 3.05) is 0 Å². The number of rotatable bonds is 2. The highest BCUT2D eigenvalue weighted by atomic mass is 16.6. The third-order valence-electron chi connectivity index (χ3n) is 1.61. The molecule has 1 saturated heterocycles. The average Bonchev–Trinajstić information content (AvgIpc) is 2.38. The molecule has 0 aromatic heterocycles. The van der Waals surface area contributed by atoms with Crippen LogP contribution in [0, 0.1) is 0 Å². The lowest BCUT2D eigenvalue weighted by molar-refractivity contribution is 0.177. The van der Waals surface area contributed by atoms with Crippen molar-refractivity contribution < 1.29 is 9.84 Å². The Morgan fingerprint density at radius 2 is 2.22 bits per heavy atom. The van der Waals surface area contributed by atoms with Gasteiger partial charge in [0.25, 0.3) is 0 Å². The van der Waals surface area contributed by atoms with Crippen LogP contribution in [0.1, 0.15) is 13.8 Å². The zero-order chi connectivity index (χ0) is 7.07. The maximum absolute atomic E-state index is 9.09. The van der Waals surface area contributed by atoms with Gasteiger partial charge in [-0.2, -0.15) is 0 Å². The molecular formula is C7H12O2. The van der Waals surface area contributed by atoms with Crippen LogP contribution in [0.25, 0.3) is 0 Å². The number of hydrogen-bond acceptors (Lipinski definition) is 2. The zero-order valence-electron chi connectivity index (χ0n) is 5.79. The van der Waals surface area contributed by atoms with Crippen molar-refractivity contribution in [2.45, 2.75) is 31.7 Å². The van der Waals surface area contributed by atoms with Crippen LogP contribution in [0.2, 0.25) is 0 Å². The molecule has 0 amide bonds. The molecule has 2 atom stereocenters. The summed E-state index contributed by atoms with van der Waals surface area (Å²) in [7, 11) is 0. The SMILES string of the molecule is C=C[C@H](O)C1OC1(C)C. The van der Waals surface area contributed by atoms with E-state index in [1.165, 1.54) is 6.08 Å². The molecule has 1 N–H and O–H groups in total. The summed E-state index contributed by atoms with van der Waals surface area (Å²) in [6.07, 6.45) is 0.967. The molecule has 1 aliphatic rings. The van der Waals surface area contributed by atoms with Crippen LogP contribution in [0.4, 0.5) is 0 Å². The summed E-state index contributed by atoms with van der Waals surface area (Å²) in [6, 6.07) is 0. The highest BCUT2D eigenvalue weighted by Crippen LogP contribution is 2.37. The van der Waals surface area contributed by atoms with Crippen molar-refractivity contribution in [3.8, 4) is 0 Å². The fourth-order valence-corrected chi connectivity index (χ4v) is 0.898. The van der Waals surface area contributed by atoms with Crippen LogP contribution in [0.15, 0.2) is 12.7 Å². The summed E-state index contributed by atoms with van der Waals surface area (Å²) in [5, 5.41) is 9.09. The second kappa shape index (κ2) is 1.82. The first kappa shape index (κ1) is 6.78. The van der Waals surface area contributed by atoms with Gasteiger partial charge in [-0.25, -0.2) is 0 Å². The van der Waals surface area contributed by atoms with Crippen molar-refractivity contribution >= 4 is 0 Å². The highest BCUT2D eigenvalue weighted by Gasteiger charge is 2.51. The Bertz CT molecular complexity index is 129. The normalized spacial score (nSPS) is 33.4. The smallest absolute Gasteiger partial charge is 0.116 e. The first-order valence-corrected chi connectivity index (χ1v) is 3.06. The van der Waals surface area contributed by atoms with Gasteiger partial charge in [-0.1, -0.05) is 6.08 Å². The zero-order valence-corrected chi connectivity index (χ0v) is 5.79. The molecule has 0 aliphatic carbocycles. The third kappa shape index (κ3) is 1.14. The first-order chi connectivity index (χ1) is 4.08. The van der Waals surface area contributed by atoms with Crippen LogP contribution in [0.3, 0.4) is 0 Å². The predicted octanol–water partition coefficient (Wildman–Crippen LogP) is 0.711. The maximum atomic E-state index is 9.09. The molecule has 1 heterocycles. The van der Waals surface area contributed by atoms with Crippen molar-refractivity contribution in [2.24, 2.45) is 0 Å². The second-order valence-electron chi connectivity index (χ2n) is 2.87. The lowest BCUT2D eigenvalue weighted by Crippen LogP contribution is -2.17. The minimum atomic E-state index is -0.500. The van der Waals surface area contributed by atoms with Crippen molar-refractivity contribution in [3.63, 3.8) is 0 Å². The highest BCUT2D eigenvalue weighted by molar-refractivity contribution is 5.04. The standard InChI is InChI=1S/C7H12O2/c1-4-5(8)6-7(2,3)9-6/h4-6,8H,1H2,2-3H3/t5-,6?/m0/s1. The van der Waals surface area contributed by atoms with Crippen LogP contribution in [0.5, 0.6) is 0 Å². The Morgan fingerprint density at radius 3 is 2.33 bits per heavy atom. The van der Waals surface area contributed by atoms with E-state index < -0.39 is 6.10 Å². The molecule has 1 unspecified atom stereocenters. The number of ether oxygens (including phenoxy) is 1. The molecule has 0 bridgehead atoms. The molecule has 1 aliphatic heterocycles. The molecule has 9 heavy (non-hydrogen) atoms. The van der Waals surface area contributed by atoms with E-state index in [9.17, 15) is 0 Å². The molecule has 0 saturated carbocycles. The van der Waals surface area contributed by atoms with Gasteiger partial charge in [0.2, 0.25) is 0 Å². The van der Waals surface area contributed by atoms with Crippen LogP contribution < -0.4 is 0 Å². The van der Waals surface area contributed by atoms with Crippen molar-refractivity contribution in [3.05, 3.63) is 12.7 Å². The fraction of sp³-hybridized carbons (Fsp3) is 0.714. The molecular weight excluding hydrogens is 116 g/mol. The lowest BCUT2D eigenvalue weighted by atomic mass is 10.1. The van der Waals surface area contributed by atoms with Crippen LogP contribution >= 0.6 is 0 Å². The Labute approximate surface area is 55.1 Å². The van der Waals surface area contributed by atoms with Gasteiger partial charge in [0.1, 0.15) is 12.2 Å². The van der Waals surface area contributed by atoms with Gasteiger partial charge in [0.15, 0.2) is 0 Å². The average molecular weight is 128 g/mol. The van der Waals surface area contributed by atoms with E-state index in [0.717, 1.165) is 0 Å². The topological polar surface area (TPSA) is 32.8 Å². The molecule has 1 rings (SSSR count). The largest absolute Gasteiger partial charge is 0.386 e. The van der Waals surface area contributed by atoms with E-state index in [4.69, 9.17) is 9.84 Å². The van der Waals surface area contributed by atoms with Crippen molar-refractivity contribution in [1.29, 1.82) is 0 Å². The summed E-state index contributed by atoms with van der Waals surface area (Å²) >= 11 is 0. The van der Waals surface area contributed by atoms with E-state index in [2.05, 4.69) is 6.58 Å². The number of aliphatic hydroxyl groups excluding tert-OH is 1. The first-order valence-electron chi connectivity index (χ1n) is 3.06. The van der Waals surface area contributed by atoms with E-state index in [1.807, 2.05) is 13.8 Å². The monoisotopic (exact) mass is 128 g/mol. The van der Waals surface area contributed by atoms with Gasteiger partial charge in [-0.3, -0.25) is 0 Å². The Hall–Kier alpha value is -0.340. The molecule has 0 radical (unpaired) electrons. The molecule has 0 aromatic rings. The van der Waals surface area contributed by atoms with Gasteiger partial charge < -0.3 is 9.84 Å². The maximum Gasteiger partial charge on any atom is 0.116 e. The molecule has 2 heteroatoms. The summed E-state index contributed by atoms with van der Waals surface area (Å²) in [5.74, 6) is 0. The number of epoxide rings is 1. The Balaban J connectivity index is 2.42. The van der Waals surface area contributed by atoms with Crippen LogP contribution in [-0.4, -0.2) is 22.9 Å². The minimum Gasteiger partial charge on any atom is -0.386 e. The van der Waals surface area contributed by atoms with Gasteiger partial charge in [-0.05, 0) is 13.8 Å². The van der Waals surface area contributed by atoms with Gasteiger partial charge in [0, 0.05) is 0 Å². The number of aliphatic hydroxyl groups is 1.